The number of likely N-dealkylation sites (tertiary alicyclic amines) is 1. The first-order chi connectivity index (χ1) is 12.5. The summed E-state index contributed by atoms with van der Waals surface area (Å²) in [5.41, 5.74) is -0.683. The quantitative estimate of drug-likeness (QED) is 0.840. The van der Waals surface area contributed by atoms with Crippen molar-refractivity contribution < 1.29 is 19.4 Å². The second kappa shape index (κ2) is 7.55. The Kier molecular flexibility index (Phi) is 5.20. The standard InChI is InChI=1S/C18H22N4O4/c1-14-15(4-2-8-19-14)26-18(17(24)25)6-12-21(13-7-18)16(23)5-11-22-10-3-9-20-22/h2-4,8-10H,5-7,11-13H2,1H3,(H,24,25). The molecule has 3 heterocycles. The lowest BCUT2D eigenvalue weighted by Gasteiger charge is -2.39. The molecule has 1 fully saturated rings. The maximum atomic E-state index is 12.4. The SMILES string of the molecule is Cc1ncccc1OC1(C(=O)O)CCN(C(=O)CCn2cccn2)CC1. The van der Waals surface area contributed by atoms with Gasteiger partial charge in [0.1, 0.15) is 5.75 Å². The van der Waals surface area contributed by atoms with Gasteiger partial charge < -0.3 is 14.7 Å². The Labute approximate surface area is 151 Å². The van der Waals surface area contributed by atoms with E-state index in [9.17, 15) is 14.7 Å². The Balaban J connectivity index is 1.61. The van der Waals surface area contributed by atoms with Crippen LogP contribution in [0.5, 0.6) is 5.75 Å². The second-order valence-corrected chi connectivity index (χ2v) is 6.39. The van der Waals surface area contributed by atoms with Crippen LogP contribution in [-0.4, -0.2) is 55.3 Å². The van der Waals surface area contributed by atoms with E-state index >= 15 is 0 Å². The summed E-state index contributed by atoms with van der Waals surface area (Å²) in [5.74, 6) is -0.546. The van der Waals surface area contributed by atoms with Gasteiger partial charge in [0.2, 0.25) is 11.5 Å². The van der Waals surface area contributed by atoms with Gasteiger partial charge in [0.25, 0.3) is 0 Å². The minimum Gasteiger partial charge on any atom is -0.478 e. The van der Waals surface area contributed by atoms with Crippen molar-refractivity contribution in [1.82, 2.24) is 19.7 Å². The number of hydrogen-bond donors (Lipinski definition) is 1. The molecule has 138 valence electrons. The van der Waals surface area contributed by atoms with Gasteiger partial charge in [-0.2, -0.15) is 5.10 Å². The number of carboxylic acids is 1. The zero-order chi connectivity index (χ0) is 18.6. The minimum absolute atomic E-state index is 0.00273. The number of carboxylic acid groups (broad SMARTS) is 1. The summed E-state index contributed by atoms with van der Waals surface area (Å²) >= 11 is 0. The molecule has 2 aromatic rings. The minimum atomic E-state index is -1.33. The molecule has 1 aliphatic heterocycles. The third-order valence-corrected chi connectivity index (χ3v) is 4.69. The van der Waals surface area contributed by atoms with Crippen LogP contribution in [0, 0.1) is 6.92 Å². The van der Waals surface area contributed by atoms with Gasteiger partial charge in [-0.15, -0.1) is 0 Å². The summed E-state index contributed by atoms with van der Waals surface area (Å²) in [6, 6.07) is 5.24. The smallest absolute Gasteiger partial charge is 0.348 e. The molecule has 2 aromatic heterocycles. The summed E-state index contributed by atoms with van der Waals surface area (Å²) in [7, 11) is 0. The van der Waals surface area contributed by atoms with Crippen molar-refractivity contribution in [3.63, 3.8) is 0 Å². The van der Waals surface area contributed by atoms with Crippen molar-refractivity contribution in [3.05, 3.63) is 42.5 Å². The van der Waals surface area contributed by atoms with E-state index in [0.717, 1.165) is 0 Å². The molecule has 8 heteroatoms. The van der Waals surface area contributed by atoms with Crippen molar-refractivity contribution in [3.8, 4) is 5.75 Å². The van der Waals surface area contributed by atoms with E-state index in [1.165, 1.54) is 0 Å². The highest BCUT2D eigenvalue weighted by Gasteiger charge is 2.45. The van der Waals surface area contributed by atoms with E-state index in [1.807, 2.05) is 12.3 Å². The maximum Gasteiger partial charge on any atom is 0.348 e. The molecule has 1 saturated heterocycles. The van der Waals surface area contributed by atoms with Crippen molar-refractivity contribution in [2.45, 2.75) is 38.3 Å². The number of hydrogen-bond acceptors (Lipinski definition) is 5. The molecule has 0 unspecified atom stereocenters. The summed E-state index contributed by atoms with van der Waals surface area (Å²) in [6.07, 6.45) is 5.93. The predicted molar refractivity (Wildman–Crippen MR) is 92.6 cm³/mol. The summed E-state index contributed by atoms with van der Waals surface area (Å²) in [4.78, 5) is 30.1. The Morgan fingerprint density at radius 3 is 2.65 bits per heavy atom. The number of aryl methyl sites for hydroxylation is 2. The largest absolute Gasteiger partial charge is 0.478 e. The van der Waals surface area contributed by atoms with E-state index in [0.29, 0.717) is 37.5 Å². The van der Waals surface area contributed by atoms with Gasteiger partial charge in [0.15, 0.2) is 0 Å². The van der Waals surface area contributed by atoms with Gasteiger partial charge in [-0.25, -0.2) is 4.79 Å². The molecule has 3 rings (SSSR count). The molecule has 1 amide bonds. The highest BCUT2D eigenvalue weighted by molar-refractivity contribution is 5.80. The molecule has 8 nitrogen and oxygen atoms in total. The van der Waals surface area contributed by atoms with Crippen molar-refractivity contribution >= 4 is 11.9 Å². The highest BCUT2D eigenvalue weighted by Crippen LogP contribution is 2.30. The zero-order valence-corrected chi connectivity index (χ0v) is 14.7. The molecule has 1 N–H and O–H groups in total. The Morgan fingerprint density at radius 1 is 1.27 bits per heavy atom. The Hall–Kier alpha value is -2.90. The van der Waals surface area contributed by atoms with E-state index in [-0.39, 0.29) is 18.7 Å². The van der Waals surface area contributed by atoms with Crippen LogP contribution in [0.15, 0.2) is 36.8 Å². The molecule has 0 radical (unpaired) electrons. The number of amides is 1. The Morgan fingerprint density at radius 2 is 2.04 bits per heavy atom. The zero-order valence-electron chi connectivity index (χ0n) is 14.7. The van der Waals surface area contributed by atoms with Gasteiger partial charge in [-0.05, 0) is 25.1 Å². The first-order valence-electron chi connectivity index (χ1n) is 8.59. The first kappa shape index (κ1) is 17.9. The molecule has 0 saturated carbocycles. The number of carbonyl (C=O) groups excluding carboxylic acids is 1. The van der Waals surface area contributed by atoms with Crippen LogP contribution >= 0.6 is 0 Å². The van der Waals surface area contributed by atoms with Crippen LogP contribution in [0.2, 0.25) is 0 Å². The van der Waals surface area contributed by atoms with Crippen molar-refractivity contribution in [2.75, 3.05) is 13.1 Å². The fourth-order valence-corrected chi connectivity index (χ4v) is 3.07. The first-order valence-corrected chi connectivity index (χ1v) is 8.59. The molecule has 26 heavy (non-hydrogen) atoms. The van der Waals surface area contributed by atoms with Gasteiger partial charge in [0, 0.05) is 57.5 Å². The lowest BCUT2D eigenvalue weighted by molar-refractivity contribution is -0.162. The van der Waals surface area contributed by atoms with Crippen molar-refractivity contribution in [2.24, 2.45) is 0 Å². The monoisotopic (exact) mass is 358 g/mol. The normalized spacial score (nSPS) is 16.3. The van der Waals surface area contributed by atoms with Gasteiger partial charge in [-0.3, -0.25) is 14.5 Å². The van der Waals surface area contributed by atoms with Gasteiger partial charge in [0.05, 0.1) is 5.69 Å². The van der Waals surface area contributed by atoms with Gasteiger partial charge >= 0.3 is 5.97 Å². The third-order valence-electron chi connectivity index (χ3n) is 4.69. The van der Waals surface area contributed by atoms with Crippen LogP contribution in [0.3, 0.4) is 0 Å². The van der Waals surface area contributed by atoms with E-state index in [1.54, 1.807) is 41.0 Å². The average molecular weight is 358 g/mol. The summed E-state index contributed by atoms with van der Waals surface area (Å²) in [6.45, 7) is 2.99. The summed E-state index contributed by atoms with van der Waals surface area (Å²) in [5, 5.41) is 13.8. The number of piperidine rings is 1. The van der Waals surface area contributed by atoms with Crippen LogP contribution in [0.1, 0.15) is 25.0 Å². The van der Waals surface area contributed by atoms with E-state index in [4.69, 9.17) is 4.74 Å². The number of rotatable bonds is 6. The van der Waals surface area contributed by atoms with E-state index in [2.05, 4.69) is 10.1 Å². The fraction of sp³-hybridized carbons (Fsp3) is 0.444. The molecule has 1 aliphatic rings. The molecular weight excluding hydrogens is 336 g/mol. The maximum absolute atomic E-state index is 12.4. The fourth-order valence-electron chi connectivity index (χ4n) is 3.07. The third kappa shape index (κ3) is 3.84. The number of aliphatic carboxylic acids is 1. The number of nitrogens with zero attached hydrogens (tertiary/aromatic N) is 4. The molecule has 0 aromatic carbocycles. The topological polar surface area (TPSA) is 97.5 Å². The van der Waals surface area contributed by atoms with Crippen LogP contribution in [-0.2, 0) is 16.1 Å². The second-order valence-electron chi connectivity index (χ2n) is 6.39. The van der Waals surface area contributed by atoms with Crippen LogP contribution in [0.25, 0.3) is 0 Å². The molecule has 0 aliphatic carbocycles. The number of carbonyl (C=O) groups is 2. The van der Waals surface area contributed by atoms with Crippen LogP contribution in [0.4, 0.5) is 0 Å². The molecule has 0 atom stereocenters. The number of aromatic nitrogens is 3. The molecular formula is C18H22N4O4. The highest BCUT2D eigenvalue weighted by atomic mass is 16.5. The van der Waals surface area contributed by atoms with Crippen LogP contribution < -0.4 is 4.74 Å². The number of ether oxygens (including phenoxy) is 1. The van der Waals surface area contributed by atoms with E-state index < -0.39 is 11.6 Å². The average Bonchev–Trinajstić information content (AvgIpc) is 3.16. The lowest BCUT2D eigenvalue weighted by Crippen LogP contribution is -2.54. The van der Waals surface area contributed by atoms with Gasteiger partial charge in [-0.1, -0.05) is 0 Å². The summed E-state index contributed by atoms with van der Waals surface area (Å²) < 4.78 is 7.57. The molecule has 0 spiro atoms. The lowest BCUT2D eigenvalue weighted by atomic mass is 9.90. The molecule has 0 bridgehead atoms. The Bertz CT molecular complexity index is 767. The number of pyridine rings is 1. The predicted octanol–water partition coefficient (Wildman–Crippen LogP) is 1.50. The van der Waals surface area contributed by atoms with Crippen molar-refractivity contribution in [1.29, 1.82) is 0 Å².